The SMILES string of the molecule is C[C@H](NC(=O)[C@@H](CCC(=O)NO)Cc1ccccc1)C(=O)O. The van der Waals surface area contributed by atoms with Crippen LogP contribution in [0, 0.1) is 5.92 Å². The quantitative estimate of drug-likeness (QED) is 0.417. The molecule has 4 N–H and O–H groups in total. The van der Waals surface area contributed by atoms with Crippen LogP contribution in [0.2, 0.25) is 0 Å². The van der Waals surface area contributed by atoms with Crippen LogP contribution in [0.5, 0.6) is 0 Å². The summed E-state index contributed by atoms with van der Waals surface area (Å²) in [4.78, 5) is 34.1. The van der Waals surface area contributed by atoms with Gasteiger partial charge in [-0.25, -0.2) is 5.48 Å². The highest BCUT2D eigenvalue weighted by atomic mass is 16.5. The molecule has 0 unspecified atom stereocenters. The van der Waals surface area contributed by atoms with E-state index in [2.05, 4.69) is 5.32 Å². The summed E-state index contributed by atoms with van der Waals surface area (Å²) >= 11 is 0. The van der Waals surface area contributed by atoms with E-state index in [4.69, 9.17) is 10.3 Å². The molecule has 7 heteroatoms. The van der Waals surface area contributed by atoms with Gasteiger partial charge in [-0.15, -0.1) is 0 Å². The van der Waals surface area contributed by atoms with E-state index < -0.39 is 29.7 Å². The van der Waals surface area contributed by atoms with Crippen LogP contribution >= 0.6 is 0 Å². The lowest BCUT2D eigenvalue weighted by Crippen LogP contribution is -2.42. The van der Waals surface area contributed by atoms with Crippen molar-refractivity contribution in [1.82, 2.24) is 10.8 Å². The zero-order valence-electron chi connectivity index (χ0n) is 12.3. The van der Waals surface area contributed by atoms with Gasteiger partial charge in [-0.2, -0.15) is 0 Å². The maximum absolute atomic E-state index is 12.2. The van der Waals surface area contributed by atoms with Crippen molar-refractivity contribution in [3.8, 4) is 0 Å². The molecule has 0 aliphatic carbocycles. The van der Waals surface area contributed by atoms with E-state index in [1.807, 2.05) is 30.3 Å². The van der Waals surface area contributed by atoms with Crippen molar-refractivity contribution in [3.63, 3.8) is 0 Å². The van der Waals surface area contributed by atoms with E-state index in [1.165, 1.54) is 12.4 Å². The van der Waals surface area contributed by atoms with Crippen molar-refractivity contribution in [2.24, 2.45) is 5.92 Å². The fourth-order valence-corrected chi connectivity index (χ4v) is 1.98. The van der Waals surface area contributed by atoms with E-state index in [9.17, 15) is 14.4 Å². The van der Waals surface area contributed by atoms with Crippen molar-refractivity contribution in [3.05, 3.63) is 35.9 Å². The number of hydrogen-bond acceptors (Lipinski definition) is 4. The molecule has 0 radical (unpaired) electrons. The summed E-state index contributed by atoms with van der Waals surface area (Å²) in [5, 5.41) is 19.8. The minimum absolute atomic E-state index is 0.0249. The maximum atomic E-state index is 12.2. The third-order valence-electron chi connectivity index (χ3n) is 3.27. The van der Waals surface area contributed by atoms with Gasteiger partial charge in [-0.3, -0.25) is 19.6 Å². The Bertz CT molecular complexity index is 518. The molecular weight excluding hydrogens is 288 g/mol. The summed E-state index contributed by atoms with van der Waals surface area (Å²) in [6.07, 6.45) is 0.569. The summed E-state index contributed by atoms with van der Waals surface area (Å²) < 4.78 is 0. The lowest BCUT2D eigenvalue weighted by atomic mass is 9.93. The molecule has 2 amide bonds. The minimum Gasteiger partial charge on any atom is -0.480 e. The highest BCUT2D eigenvalue weighted by molar-refractivity contribution is 5.85. The van der Waals surface area contributed by atoms with Crippen molar-refractivity contribution < 1.29 is 24.7 Å². The third-order valence-corrected chi connectivity index (χ3v) is 3.27. The number of carboxylic acid groups (broad SMARTS) is 1. The Balaban J connectivity index is 2.74. The van der Waals surface area contributed by atoms with Gasteiger partial charge in [-0.05, 0) is 25.3 Å². The molecule has 0 fully saturated rings. The molecule has 0 bridgehead atoms. The van der Waals surface area contributed by atoms with Gasteiger partial charge in [0.2, 0.25) is 11.8 Å². The van der Waals surface area contributed by atoms with Crippen LogP contribution in [0.15, 0.2) is 30.3 Å². The largest absolute Gasteiger partial charge is 0.480 e. The van der Waals surface area contributed by atoms with Gasteiger partial charge < -0.3 is 10.4 Å². The molecule has 1 rings (SSSR count). The first-order valence-corrected chi connectivity index (χ1v) is 6.94. The molecule has 2 atom stereocenters. The topological polar surface area (TPSA) is 116 Å². The molecule has 0 saturated heterocycles. The van der Waals surface area contributed by atoms with Gasteiger partial charge in [-0.1, -0.05) is 30.3 Å². The summed E-state index contributed by atoms with van der Waals surface area (Å²) in [5.74, 6) is -2.69. The van der Waals surface area contributed by atoms with Crippen molar-refractivity contribution >= 4 is 17.8 Å². The first-order valence-electron chi connectivity index (χ1n) is 6.94. The van der Waals surface area contributed by atoms with Gasteiger partial charge in [0.25, 0.3) is 0 Å². The molecule has 120 valence electrons. The molecular formula is C15H20N2O5. The number of benzene rings is 1. The predicted molar refractivity (Wildman–Crippen MR) is 78.0 cm³/mol. The van der Waals surface area contributed by atoms with E-state index in [-0.39, 0.29) is 12.8 Å². The Morgan fingerprint density at radius 3 is 2.36 bits per heavy atom. The lowest BCUT2D eigenvalue weighted by molar-refractivity contribution is -0.142. The first-order chi connectivity index (χ1) is 10.4. The van der Waals surface area contributed by atoms with E-state index in [0.29, 0.717) is 6.42 Å². The molecule has 0 heterocycles. The first kappa shape index (κ1) is 17.6. The number of aliphatic carboxylic acids is 1. The average molecular weight is 308 g/mol. The molecule has 0 aliphatic rings. The van der Waals surface area contributed by atoms with Crippen molar-refractivity contribution in [2.75, 3.05) is 0 Å². The highest BCUT2D eigenvalue weighted by Gasteiger charge is 2.23. The number of carboxylic acids is 1. The highest BCUT2D eigenvalue weighted by Crippen LogP contribution is 2.15. The van der Waals surface area contributed by atoms with Gasteiger partial charge in [0.05, 0.1) is 0 Å². The molecule has 1 aromatic carbocycles. The number of hydrogen-bond donors (Lipinski definition) is 4. The maximum Gasteiger partial charge on any atom is 0.325 e. The summed E-state index contributed by atoms with van der Waals surface area (Å²) in [6, 6.07) is 8.23. The second-order valence-corrected chi connectivity index (χ2v) is 5.03. The molecule has 0 aliphatic heterocycles. The fraction of sp³-hybridized carbons (Fsp3) is 0.400. The standard InChI is InChI=1S/C15H20N2O5/c1-10(15(20)21)16-14(19)12(7-8-13(18)17-22)9-11-5-3-2-4-6-11/h2-6,10,12,22H,7-9H2,1H3,(H,16,19)(H,17,18)(H,20,21)/t10-,12-/m0/s1. The van der Waals surface area contributed by atoms with Crippen molar-refractivity contribution in [2.45, 2.75) is 32.2 Å². The van der Waals surface area contributed by atoms with Gasteiger partial charge in [0.15, 0.2) is 0 Å². The second-order valence-electron chi connectivity index (χ2n) is 5.03. The summed E-state index contributed by atoms with van der Waals surface area (Å²) in [5.41, 5.74) is 2.43. The lowest BCUT2D eigenvalue weighted by Gasteiger charge is -2.18. The van der Waals surface area contributed by atoms with Crippen LogP contribution in [0.1, 0.15) is 25.3 Å². The minimum atomic E-state index is -1.13. The Labute approximate surface area is 128 Å². The fourth-order valence-electron chi connectivity index (χ4n) is 1.98. The van der Waals surface area contributed by atoms with Crippen LogP contribution in [0.4, 0.5) is 0 Å². The Kier molecular flexibility index (Phi) is 7.04. The van der Waals surface area contributed by atoms with Crippen LogP contribution in [0.25, 0.3) is 0 Å². The molecule has 0 saturated carbocycles. The number of carbonyl (C=O) groups excluding carboxylic acids is 2. The van der Waals surface area contributed by atoms with Gasteiger partial charge in [0.1, 0.15) is 6.04 Å². The number of hydroxylamine groups is 1. The summed E-state index contributed by atoms with van der Waals surface area (Å²) in [7, 11) is 0. The number of amides is 2. The molecule has 0 spiro atoms. The molecule has 22 heavy (non-hydrogen) atoms. The van der Waals surface area contributed by atoms with Crippen molar-refractivity contribution in [1.29, 1.82) is 0 Å². The molecule has 0 aromatic heterocycles. The third kappa shape index (κ3) is 5.92. The number of rotatable bonds is 8. The zero-order chi connectivity index (χ0) is 16.5. The van der Waals surface area contributed by atoms with Gasteiger partial charge >= 0.3 is 5.97 Å². The molecule has 1 aromatic rings. The van der Waals surface area contributed by atoms with Crippen LogP contribution in [0.3, 0.4) is 0 Å². The summed E-state index contributed by atoms with van der Waals surface area (Å²) in [6.45, 7) is 1.38. The Morgan fingerprint density at radius 2 is 1.82 bits per heavy atom. The van der Waals surface area contributed by atoms with Crippen LogP contribution < -0.4 is 10.8 Å². The van der Waals surface area contributed by atoms with Crippen LogP contribution in [-0.2, 0) is 20.8 Å². The monoisotopic (exact) mass is 308 g/mol. The van der Waals surface area contributed by atoms with Crippen LogP contribution in [-0.4, -0.2) is 34.1 Å². The van der Waals surface area contributed by atoms with E-state index in [0.717, 1.165) is 5.56 Å². The Hall–Kier alpha value is -2.41. The van der Waals surface area contributed by atoms with E-state index in [1.54, 1.807) is 0 Å². The normalized spacial score (nSPS) is 13.0. The molecule has 7 nitrogen and oxygen atoms in total. The zero-order valence-corrected chi connectivity index (χ0v) is 12.3. The second kappa shape index (κ2) is 8.78. The smallest absolute Gasteiger partial charge is 0.325 e. The van der Waals surface area contributed by atoms with E-state index >= 15 is 0 Å². The average Bonchev–Trinajstić information content (AvgIpc) is 2.51. The number of carbonyl (C=O) groups is 3. The Morgan fingerprint density at radius 1 is 1.18 bits per heavy atom. The van der Waals surface area contributed by atoms with Gasteiger partial charge in [0, 0.05) is 12.3 Å². The number of nitrogens with one attached hydrogen (secondary N) is 2. The predicted octanol–water partition coefficient (Wildman–Crippen LogP) is 0.720.